The second-order valence-corrected chi connectivity index (χ2v) is 4.51. The summed E-state index contributed by atoms with van der Waals surface area (Å²) in [7, 11) is 0. The third-order valence-corrected chi connectivity index (χ3v) is 2.81. The van der Waals surface area contributed by atoms with Crippen LogP contribution in [0.15, 0.2) is 21.5 Å². The van der Waals surface area contributed by atoms with Gasteiger partial charge in [-0.05, 0) is 19.8 Å². The molecular weight excluding hydrogens is 232 g/mol. The van der Waals surface area contributed by atoms with Gasteiger partial charge in [-0.3, -0.25) is 4.79 Å². The van der Waals surface area contributed by atoms with Crippen molar-refractivity contribution in [2.75, 3.05) is 5.32 Å². The highest BCUT2D eigenvalue weighted by atomic mass is 16.4. The minimum Gasteiger partial charge on any atom is -0.444 e. The van der Waals surface area contributed by atoms with E-state index >= 15 is 0 Å². The third kappa shape index (κ3) is 2.42. The molecule has 1 aliphatic rings. The summed E-state index contributed by atoms with van der Waals surface area (Å²) in [6.45, 7) is 2.27. The number of hydrogen-bond acceptors (Lipinski definition) is 5. The number of oxazole rings is 1. The summed E-state index contributed by atoms with van der Waals surface area (Å²) in [5, 5.41) is 3.05. The summed E-state index contributed by atoms with van der Waals surface area (Å²) in [5.41, 5.74) is -0.127. The van der Waals surface area contributed by atoms with Gasteiger partial charge in [0.2, 0.25) is 5.89 Å². The van der Waals surface area contributed by atoms with E-state index in [1.165, 1.54) is 6.07 Å². The second-order valence-electron chi connectivity index (χ2n) is 4.51. The van der Waals surface area contributed by atoms with E-state index in [0.717, 1.165) is 24.4 Å². The third-order valence-electron chi connectivity index (χ3n) is 2.81. The Morgan fingerprint density at radius 3 is 3.06 bits per heavy atom. The van der Waals surface area contributed by atoms with Gasteiger partial charge >= 0.3 is 0 Å². The van der Waals surface area contributed by atoms with Crippen LogP contribution in [-0.4, -0.2) is 15.0 Å². The average molecular weight is 246 g/mol. The van der Waals surface area contributed by atoms with Crippen molar-refractivity contribution in [1.82, 2.24) is 15.0 Å². The first-order valence-electron chi connectivity index (χ1n) is 5.97. The van der Waals surface area contributed by atoms with Crippen LogP contribution < -0.4 is 10.9 Å². The van der Waals surface area contributed by atoms with Gasteiger partial charge in [0.1, 0.15) is 17.4 Å². The van der Waals surface area contributed by atoms with Crippen molar-refractivity contribution in [3.63, 3.8) is 0 Å². The molecule has 18 heavy (non-hydrogen) atoms. The predicted molar refractivity (Wildman–Crippen MR) is 65.4 cm³/mol. The van der Waals surface area contributed by atoms with E-state index in [0.29, 0.717) is 24.2 Å². The van der Waals surface area contributed by atoms with Gasteiger partial charge in [0.05, 0.1) is 12.7 Å². The molecule has 6 heteroatoms. The number of anilines is 1. The molecule has 2 N–H and O–H groups in total. The Balaban J connectivity index is 1.73. The van der Waals surface area contributed by atoms with Gasteiger partial charge in [0, 0.05) is 12.0 Å². The van der Waals surface area contributed by atoms with Crippen LogP contribution in [-0.2, 0) is 6.54 Å². The minimum absolute atomic E-state index is 0.127. The lowest BCUT2D eigenvalue weighted by Crippen LogP contribution is -2.13. The van der Waals surface area contributed by atoms with Crippen LogP contribution in [0.3, 0.4) is 0 Å². The number of H-pyrrole nitrogens is 1. The molecule has 94 valence electrons. The van der Waals surface area contributed by atoms with Crippen molar-refractivity contribution in [2.24, 2.45) is 0 Å². The van der Waals surface area contributed by atoms with Crippen LogP contribution in [0.1, 0.15) is 36.2 Å². The molecule has 0 aliphatic heterocycles. The normalized spacial score (nSPS) is 14.7. The van der Waals surface area contributed by atoms with E-state index in [4.69, 9.17) is 4.42 Å². The second kappa shape index (κ2) is 4.29. The summed E-state index contributed by atoms with van der Waals surface area (Å²) < 4.78 is 5.34. The Morgan fingerprint density at radius 1 is 1.56 bits per heavy atom. The minimum atomic E-state index is -0.127. The van der Waals surface area contributed by atoms with E-state index in [1.54, 1.807) is 6.20 Å². The summed E-state index contributed by atoms with van der Waals surface area (Å²) in [5.74, 6) is 3.11. The van der Waals surface area contributed by atoms with Gasteiger partial charge in [0.25, 0.3) is 5.56 Å². The largest absolute Gasteiger partial charge is 0.444 e. The zero-order chi connectivity index (χ0) is 12.5. The maximum Gasteiger partial charge on any atom is 0.252 e. The van der Waals surface area contributed by atoms with Crippen LogP contribution in [0.2, 0.25) is 0 Å². The molecule has 0 radical (unpaired) electrons. The van der Waals surface area contributed by atoms with E-state index in [2.05, 4.69) is 20.3 Å². The first kappa shape index (κ1) is 11.0. The molecule has 1 fully saturated rings. The van der Waals surface area contributed by atoms with Gasteiger partial charge < -0.3 is 14.7 Å². The molecular formula is C12H14N4O2. The lowest BCUT2D eigenvalue weighted by Gasteiger charge is -2.04. The van der Waals surface area contributed by atoms with Crippen LogP contribution in [0.4, 0.5) is 5.82 Å². The predicted octanol–water partition coefficient (Wildman–Crippen LogP) is 1.56. The molecule has 0 aromatic carbocycles. The first-order valence-corrected chi connectivity index (χ1v) is 5.97. The zero-order valence-electron chi connectivity index (χ0n) is 10.1. The molecule has 0 atom stereocenters. The average Bonchev–Trinajstić information content (AvgIpc) is 3.10. The van der Waals surface area contributed by atoms with E-state index in [-0.39, 0.29) is 5.56 Å². The fraction of sp³-hybridized carbons (Fsp3) is 0.417. The van der Waals surface area contributed by atoms with Crippen molar-refractivity contribution < 1.29 is 4.42 Å². The smallest absolute Gasteiger partial charge is 0.252 e. The van der Waals surface area contributed by atoms with Gasteiger partial charge in [-0.15, -0.1) is 0 Å². The highest BCUT2D eigenvalue weighted by molar-refractivity contribution is 5.34. The molecule has 2 aromatic rings. The fourth-order valence-corrected chi connectivity index (χ4v) is 1.77. The monoisotopic (exact) mass is 246 g/mol. The van der Waals surface area contributed by atoms with Gasteiger partial charge in [0.15, 0.2) is 0 Å². The fourth-order valence-electron chi connectivity index (χ4n) is 1.77. The maximum atomic E-state index is 11.5. The Kier molecular flexibility index (Phi) is 2.62. The highest BCUT2D eigenvalue weighted by Crippen LogP contribution is 2.37. The lowest BCUT2D eigenvalue weighted by molar-refractivity contribution is 0.478. The summed E-state index contributed by atoms with van der Waals surface area (Å²) in [4.78, 5) is 22.7. The number of hydrogen-bond donors (Lipinski definition) is 2. The lowest BCUT2D eigenvalue weighted by atomic mass is 10.4. The molecule has 2 heterocycles. The van der Waals surface area contributed by atoms with Gasteiger partial charge in [-0.1, -0.05) is 0 Å². The Bertz CT molecular complexity index is 613. The van der Waals surface area contributed by atoms with E-state index in [9.17, 15) is 4.79 Å². The number of aromatic nitrogens is 3. The van der Waals surface area contributed by atoms with Gasteiger partial charge in [-0.2, -0.15) is 0 Å². The zero-order valence-corrected chi connectivity index (χ0v) is 10.1. The number of nitrogens with zero attached hydrogens (tertiary/aromatic N) is 2. The van der Waals surface area contributed by atoms with Crippen LogP contribution in [0.5, 0.6) is 0 Å². The van der Waals surface area contributed by atoms with Crippen molar-refractivity contribution in [1.29, 1.82) is 0 Å². The topological polar surface area (TPSA) is 83.8 Å². The molecule has 2 aromatic heterocycles. The summed E-state index contributed by atoms with van der Waals surface area (Å²) >= 11 is 0. The molecule has 1 aliphatic carbocycles. The Hall–Kier alpha value is -2.11. The molecule has 0 bridgehead atoms. The quantitative estimate of drug-likeness (QED) is 0.855. The molecule has 6 nitrogen and oxygen atoms in total. The summed E-state index contributed by atoms with van der Waals surface area (Å²) in [6, 6.07) is 1.45. The number of aryl methyl sites for hydroxylation is 1. The van der Waals surface area contributed by atoms with Crippen molar-refractivity contribution in [3.8, 4) is 0 Å². The first-order chi connectivity index (χ1) is 8.70. The van der Waals surface area contributed by atoms with E-state index < -0.39 is 0 Å². The van der Waals surface area contributed by atoms with Crippen molar-refractivity contribution >= 4 is 5.82 Å². The number of aromatic amines is 1. The SMILES string of the molecule is Cc1cnc(CNc2cc(=O)[nH]c(C3CC3)n2)o1. The molecule has 0 saturated heterocycles. The Morgan fingerprint density at radius 2 is 2.39 bits per heavy atom. The highest BCUT2D eigenvalue weighted by Gasteiger charge is 2.26. The molecule has 0 spiro atoms. The molecule has 1 saturated carbocycles. The number of rotatable bonds is 4. The maximum absolute atomic E-state index is 11.5. The molecule has 3 rings (SSSR count). The van der Waals surface area contributed by atoms with Crippen LogP contribution in [0.25, 0.3) is 0 Å². The Labute approximate surface area is 103 Å². The van der Waals surface area contributed by atoms with Crippen molar-refractivity contribution in [2.45, 2.75) is 32.2 Å². The molecule has 0 unspecified atom stereocenters. The molecule has 0 amide bonds. The van der Waals surface area contributed by atoms with Gasteiger partial charge in [-0.25, -0.2) is 9.97 Å². The van der Waals surface area contributed by atoms with Crippen molar-refractivity contribution in [3.05, 3.63) is 40.1 Å². The number of nitrogens with one attached hydrogen (secondary N) is 2. The van der Waals surface area contributed by atoms with Crippen LogP contribution >= 0.6 is 0 Å². The van der Waals surface area contributed by atoms with E-state index in [1.807, 2.05) is 6.92 Å². The van der Waals surface area contributed by atoms with Crippen LogP contribution in [0, 0.1) is 6.92 Å². The standard InChI is InChI=1S/C12H14N4O2/c1-7-5-14-11(18-7)6-13-9-4-10(17)16-12(15-9)8-2-3-8/h4-5,8H,2-3,6H2,1H3,(H2,13,15,16,17). The summed E-state index contributed by atoms with van der Waals surface area (Å²) in [6.07, 6.45) is 3.87.